The minimum Gasteiger partial charge on any atom is -0.507 e. The topological polar surface area (TPSA) is 49.3 Å². The lowest BCUT2D eigenvalue weighted by Crippen LogP contribution is -2.15. The molecule has 0 aliphatic rings. The van der Waals surface area contributed by atoms with Crippen LogP contribution < -0.4 is 5.32 Å². The van der Waals surface area contributed by atoms with Gasteiger partial charge in [0.05, 0.1) is 5.75 Å². The van der Waals surface area contributed by atoms with E-state index in [9.17, 15) is 9.90 Å². The van der Waals surface area contributed by atoms with Gasteiger partial charge in [-0.1, -0.05) is 44.2 Å². The Bertz CT molecular complexity index is 626. The summed E-state index contributed by atoms with van der Waals surface area (Å²) in [6, 6.07) is 14.9. The van der Waals surface area contributed by atoms with E-state index in [1.54, 1.807) is 18.2 Å². The zero-order chi connectivity index (χ0) is 15.2. The Hall–Kier alpha value is -1.94. The molecule has 0 bridgehead atoms. The normalized spacial score (nSPS) is 10.6. The summed E-state index contributed by atoms with van der Waals surface area (Å²) in [6.45, 7) is 4.20. The number of phenolic OH excluding ortho intramolecular Hbond substituents is 1. The van der Waals surface area contributed by atoms with E-state index in [4.69, 9.17) is 0 Å². The van der Waals surface area contributed by atoms with Gasteiger partial charge in [-0.25, -0.2) is 0 Å². The molecule has 110 valence electrons. The monoisotopic (exact) mass is 301 g/mol. The number of rotatable bonds is 5. The molecule has 1 amide bonds. The maximum atomic E-state index is 12.1. The number of amides is 1. The fraction of sp³-hybridized carbons (Fsp3) is 0.235. The molecule has 0 aliphatic heterocycles. The second kappa shape index (κ2) is 7.18. The van der Waals surface area contributed by atoms with Gasteiger partial charge >= 0.3 is 0 Å². The van der Waals surface area contributed by atoms with Gasteiger partial charge < -0.3 is 10.4 Å². The Morgan fingerprint density at radius 3 is 2.52 bits per heavy atom. The summed E-state index contributed by atoms with van der Waals surface area (Å²) in [7, 11) is 0. The molecule has 0 heterocycles. The summed E-state index contributed by atoms with van der Waals surface area (Å²) in [5.41, 5.74) is 1.98. The van der Waals surface area contributed by atoms with E-state index in [2.05, 4.69) is 19.2 Å². The van der Waals surface area contributed by atoms with Crippen LogP contribution in [0.4, 0.5) is 5.69 Å². The molecule has 0 atom stereocenters. The number of phenols is 1. The molecule has 2 aromatic rings. The Balaban J connectivity index is 1.98. The quantitative estimate of drug-likeness (QED) is 0.812. The van der Waals surface area contributed by atoms with Crippen LogP contribution in [0.25, 0.3) is 0 Å². The molecule has 4 heteroatoms. The molecule has 21 heavy (non-hydrogen) atoms. The number of benzene rings is 2. The number of nitrogens with one attached hydrogen (secondary N) is 1. The summed E-state index contributed by atoms with van der Waals surface area (Å²) in [5.74, 6) is 0.755. The van der Waals surface area contributed by atoms with E-state index in [-0.39, 0.29) is 17.4 Å². The molecule has 2 rings (SSSR count). The number of carbonyl (C=O) groups is 1. The van der Waals surface area contributed by atoms with E-state index >= 15 is 0 Å². The third-order valence-electron chi connectivity index (χ3n) is 3.08. The van der Waals surface area contributed by atoms with Crippen LogP contribution >= 0.6 is 11.8 Å². The lowest BCUT2D eigenvalue weighted by molar-refractivity contribution is -0.113. The maximum Gasteiger partial charge on any atom is 0.234 e. The van der Waals surface area contributed by atoms with Gasteiger partial charge in [0, 0.05) is 10.6 Å². The van der Waals surface area contributed by atoms with Gasteiger partial charge in [0.25, 0.3) is 0 Å². The van der Waals surface area contributed by atoms with Gasteiger partial charge in [-0.3, -0.25) is 4.79 Å². The van der Waals surface area contributed by atoms with Crippen molar-refractivity contribution in [3.8, 4) is 5.75 Å². The van der Waals surface area contributed by atoms with Gasteiger partial charge in [-0.15, -0.1) is 11.8 Å². The van der Waals surface area contributed by atoms with Crippen molar-refractivity contribution in [1.82, 2.24) is 0 Å². The first-order valence-electron chi connectivity index (χ1n) is 6.87. The first kappa shape index (κ1) is 15.4. The van der Waals surface area contributed by atoms with E-state index < -0.39 is 0 Å². The van der Waals surface area contributed by atoms with Crippen LogP contribution in [0.1, 0.15) is 25.3 Å². The Kier molecular flexibility index (Phi) is 5.28. The Labute approximate surface area is 129 Å². The molecule has 0 fully saturated rings. The molecule has 2 N–H and O–H groups in total. The first-order chi connectivity index (χ1) is 10.1. The van der Waals surface area contributed by atoms with E-state index in [0.29, 0.717) is 10.8 Å². The maximum absolute atomic E-state index is 12.1. The van der Waals surface area contributed by atoms with Gasteiger partial charge in [0.15, 0.2) is 0 Å². The van der Waals surface area contributed by atoms with Gasteiger partial charge in [0.1, 0.15) is 5.75 Å². The number of aromatic hydroxyl groups is 1. The number of para-hydroxylation sites is 2. The van der Waals surface area contributed by atoms with Crippen molar-refractivity contribution < 1.29 is 9.90 Å². The van der Waals surface area contributed by atoms with Crippen LogP contribution in [0.3, 0.4) is 0 Å². The molecular formula is C17H19NO2S. The Morgan fingerprint density at radius 2 is 1.81 bits per heavy atom. The largest absolute Gasteiger partial charge is 0.507 e. The molecule has 0 saturated carbocycles. The number of anilines is 1. The minimum absolute atomic E-state index is 0.0728. The van der Waals surface area contributed by atoms with Crippen LogP contribution in [0.5, 0.6) is 5.75 Å². The van der Waals surface area contributed by atoms with Crippen LogP contribution in [0.15, 0.2) is 53.4 Å². The van der Waals surface area contributed by atoms with Crippen molar-refractivity contribution in [2.45, 2.75) is 24.7 Å². The predicted octanol–water partition coefficient (Wildman–Crippen LogP) is 4.25. The van der Waals surface area contributed by atoms with Crippen LogP contribution in [0.2, 0.25) is 0 Å². The standard InChI is InChI=1S/C17H19NO2S/c1-12(2)13-7-3-4-8-14(13)18-17(20)11-21-16-10-6-5-9-15(16)19/h3-10,12,19H,11H2,1-2H3,(H,18,20). The number of carbonyl (C=O) groups excluding carboxylic acids is 1. The van der Waals surface area contributed by atoms with Crippen molar-refractivity contribution >= 4 is 23.4 Å². The minimum atomic E-state index is -0.0728. The molecule has 0 aliphatic carbocycles. The van der Waals surface area contributed by atoms with Crippen LogP contribution in [-0.2, 0) is 4.79 Å². The highest BCUT2D eigenvalue weighted by molar-refractivity contribution is 8.00. The molecule has 3 nitrogen and oxygen atoms in total. The smallest absolute Gasteiger partial charge is 0.234 e. The highest BCUT2D eigenvalue weighted by Gasteiger charge is 2.10. The molecule has 0 radical (unpaired) electrons. The van der Waals surface area contributed by atoms with Gasteiger partial charge in [-0.05, 0) is 29.7 Å². The summed E-state index contributed by atoms with van der Waals surface area (Å²) < 4.78 is 0. The van der Waals surface area contributed by atoms with Gasteiger partial charge in [-0.2, -0.15) is 0 Å². The fourth-order valence-electron chi connectivity index (χ4n) is 2.02. The summed E-state index contributed by atoms with van der Waals surface area (Å²) in [5, 5.41) is 12.6. The third-order valence-corrected chi connectivity index (χ3v) is 4.14. The third kappa shape index (κ3) is 4.26. The van der Waals surface area contributed by atoms with Crippen molar-refractivity contribution in [3.63, 3.8) is 0 Å². The fourth-order valence-corrected chi connectivity index (χ4v) is 2.77. The number of thioether (sulfide) groups is 1. The average molecular weight is 301 g/mol. The summed E-state index contributed by atoms with van der Waals surface area (Å²) in [6.07, 6.45) is 0. The van der Waals surface area contributed by atoms with Crippen molar-refractivity contribution in [3.05, 3.63) is 54.1 Å². The van der Waals surface area contributed by atoms with Crippen molar-refractivity contribution in [2.24, 2.45) is 0 Å². The van der Waals surface area contributed by atoms with E-state index in [1.807, 2.05) is 30.3 Å². The average Bonchev–Trinajstić information content (AvgIpc) is 2.47. The SMILES string of the molecule is CC(C)c1ccccc1NC(=O)CSc1ccccc1O. The lowest BCUT2D eigenvalue weighted by atomic mass is 10.0. The van der Waals surface area contributed by atoms with E-state index in [0.717, 1.165) is 11.3 Å². The van der Waals surface area contributed by atoms with E-state index in [1.165, 1.54) is 11.8 Å². The number of hydrogen-bond acceptors (Lipinski definition) is 3. The van der Waals surface area contributed by atoms with Crippen molar-refractivity contribution in [1.29, 1.82) is 0 Å². The predicted molar refractivity (Wildman–Crippen MR) is 88.0 cm³/mol. The lowest BCUT2D eigenvalue weighted by Gasteiger charge is -2.13. The Morgan fingerprint density at radius 1 is 1.14 bits per heavy atom. The molecule has 2 aromatic carbocycles. The molecule has 0 spiro atoms. The molecule has 0 unspecified atom stereocenters. The van der Waals surface area contributed by atoms with Crippen LogP contribution in [-0.4, -0.2) is 16.8 Å². The highest BCUT2D eigenvalue weighted by Crippen LogP contribution is 2.28. The van der Waals surface area contributed by atoms with Gasteiger partial charge in [0.2, 0.25) is 5.91 Å². The summed E-state index contributed by atoms with van der Waals surface area (Å²) >= 11 is 1.33. The first-order valence-corrected chi connectivity index (χ1v) is 7.86. The zero-order valence-corrected chi connectivity index (χ0v) is 13.0. The zero-order valence-electron chi connectivity index (χ0n) is 12.2. The second-order valence-electron chi connectivity index (χ2n) is 5.05. The van der Waals surface area contributed by atoms with Crippen molar-refractivity contribution in [2.75, 3.05) is 11.1 Å². The second-order valence-corrected chi connectivity index (χ2v) is 6.06. The molecule has 0 saturated heterocycles. The highest BCUT2D eigenvalue weighted by atomic mass is 32.2. The summed E-state index contributed by atoms with van der Waals surface area (Å²) in [4.78, 5) is 12.8. The molecular weight excluding hydrogens is 282 g/mol. The molecule has 0 aromatic heterocycles. The van der Waals surface area contributed by atoms with Crippen LogP contribution in [0, 0.1) is 0 Å². The number of hydrogen-bond donors (Lipinski definition) is 2.